The van der Waals surface area contributed by atoms with Gasteiger partial charge in [-0.15, -0.1) is 5.10 Å². The Morgan fingerprint density at radius 2 is 1.94 bits per heavy atom. The molecule has 0 saturated heterocycles. The summed E-state index contributed by atoms with van der Waals surface area (Å²) in [6.07, 6.45) is 5.48. The van der Waals surface area contributed by atoms with Gasteiger partial charge in [0.25, 0.3) is 0 Å². The molecule has 5 heteroatoms. The van der Waals surface area contributed by atoms with Crippen LogP contribution in [-0.4, -0.2) is 25.3 Å². The van der Waals surface area contributed by atoms with Crippen LogP contribution in [0.1, 0.15) is 63.9 Å². The highest BCUT2D eigenvalue weighted by atomic mass is 16.3. The molecule has 0 radical (unpaired) electrons. The van der Waals surface area contributed by atoms with Crippen LogP contribution in [0.2, 0.25) is 0 Å². The zero-order valence-electron chi connectivity index (χ0n) is 10.0. The predicted molar refractivity (Wildman–Crippen MR) is 59.7 cm³/mol. The van der Waals surface area contributed by atoms with E-state index >= 15 is 0 Å². The highest BCUT2D eigenvalue weighted by Gasteiger charge is 2.25. The molecule has 0 unspecified atom stereocenters. The minimum Gasteiger partial charge on any atom is -0.385 e. The highest BCUT2D eigenvalue weighted by molar-refractivity contribution is 4.92. The first kappa shape index (κ1) is 11.5. The van der Waals surface area contributed by atoms with E-state index in [9.17, 15) is 5.11 Å². The number of aromatic nitrogens is 4. The van der Waals surface area contributed by atoms with Crippen LogP contribution in [0.25, 0.3) is 0 Å². The van der Waals surface area contributed by atoms with E-state index in [-0.39, 0.29) is 5.92 Å². The number of hydrogen-bond acceptors (Lipinski definition) is 4. The van der Waals surface area contributed by atoms with Gasteiger partial charge in [0.2, 0.25) is 0 Å². The Morgan fingerprint density at radius 1 is 1.25 bits per heavy atom. The van der Waals surface area contributed by atoms with Crippen molar-refractivity contribution in [3.8, 4) is 0 Å². The molecule has 1 saturated carbocycles. The summed E-state index contributed by atoms with van der Waals surface area (Å²) in [7, 11) is 0. The molecule has 1 aliphatic carbocycles. The summed E-state index contributed by atoms with van der Waals surface area (Å²) in [5.74, 6) is 0.773. The number of aliphatic hydroxyl groups excluding tert-OH is 1. The predicted octanol–water partition coefficient (Wildman–Crippen LogP) is 1.87. The van der Waals surface area contributed by atoms with E-state index < -0.39 is 6.10 Å². The van der Waals surface area contributed by atoms with Gasteiger partial charge in [0.05, 0.1) is 6.04 Å². The number of rotatable bonds is 3. The Labute approximate surface area is 95.9 Å². The van der Waals surface area contributed by atoms with Crippen LogP contribution < -0.4 is 0 Å². The Kier molecular flexibility index (Phi) is 3.53. The maximum Gasteiger partial charge on any atom is 0.180 e. The Balaban J connectivity index is 2.17. The molecule has 0 bridgehead atoms. The molecule has 1 aromatic rings. The second kappa shape index (κ2) is 4.91. The first-order chi connectivity index (χ1) is 7.70. The maximum atomic E-state index is 10.0. The molecule has 5 nitrogen and oxygen atoms in total. The Morgan fingerprint density at radius 3 is 2.56 bits per heavy atom. The monoisotopic (exact) mass is 224 g/mol. The minimum absolute atomic E-state index is 0.147. The fourth-order valence-electron chi connectivity index (χ4n) is 2.28. The van der Waals surface area contributed by atoms with Crippen molar-refractivity contribution in [1.82, 2.24) is 20.2 Å². The molecule has 1 fully saturated rings. The molecular formula is C11H20N4O. The van der Waals surface area contributed by atoms with Crippen molar-refractivity contribution >= 4 is 0 Å². The molecule has 1 N–H and O–H groups in total. The lowest BCUT2D eigenvalue weighted by Gasteiger charge is -2.24. The lowest BCUT2D eigenvalue weighted by molar-refractivity contribution is 0.107. The summed E-state index contributed by atoms with van der Waals surface area (Å²) in [6, 6.07) is 0.382. The van der Waals surface area contributed by atoms with Crippen LogP contribution in [0.4, 0.5) is 0 Å². The largest absolute Gasteiger partial charge is 0.385 e. The van der Waals surface area contributed by atoms with Gasteiger partial charge in [-0.05, 0) is 29.2 Å². The standard InChI is InChI=1S/C11H20N4O/c1-8(2)10(16)11-12-13-14-15(11)9-6-4-3-5-7-9/h8-10,16H,3-7H2,1-2H3/t10-/m0/s1. The van der Waals surface area contributed by atoms with Gasteiger partial charge in [0, 0.05) is 0 Å². The van der Waals surface area contributed by atoms with E-state index in [1.807, 2.05) is 18.5 Å². The van der Waals surface area contributed by atoms with Crippen molar-refractivity contribution in [1.29, 1.82) is 0 Å². The SMILES string of the molecule is CC(C)[C@H](O)c1nnnn1C1CCCCC1. The van der Waals surface area contributed by atoms with Gasteiger partial charge in [-0.1, -0.05) is 33.1 Å². The van der Waals surface area contributed by atoms with Crippen LogP contribution in [0.15, 0.2) is 0 Å². The lowest BCUT2D eigenvalue weighted by atomic mass is 9.95. The summed E-state index contributed by atoms with van der Waals surface area (Å²) < 4.78 is 1.84. The third-order valence-electron chi connectivity index (χ3n) is 3.33. The summed E-state index contributed by atoms with van der Waals surface area (Å²) in [4.78, 5) is 0. The molecule has 1 heterocycles. The number of aliphatic hydroxyl groups is 1. The molecule has 1 aliphatic rings. The third kappa shape index (κ3) is 2.24. The van der Waals surface area contributed by atoms with Gasteiger partial charge in [-0.3, -0.25) is 0 Å². The van der Waals surface area contributed by atoms with E-state index in [1.165, 1.54) is 19.3 Å². The molecule has 1 aromatic heterocycles. The number of nitrogens with zero attached hydrogens (tertiary/aromatic N) is 4. The number of tetrazole rings is 1. The second-order valence-corrected chi connectivity index (χ2v) is 4.96. The molecule has 0 spiro atoms. The fourth-order valence-corrected chi connectivity index (χ4v) is 2.28. The molecule has 90 valence electrons. The molecular weight excluding hydrogens is 204 g/mol. The van der Waals surface area contributed by atoms with E-state index in [1.54, 1.807) is 0 Å². The van der Waals surface area contributed by atoms with Gasteiger partial charge in [0.15, 0.2) is 5.82 Å². The van der Waals surface area contributed by atoms with Gasteiger partial charge < -0.3 is 5.11 Å². The van der Waals surface area contributed by atoms with Crippen LogP contribution in [0, 0.1) is 5.92 Å². The topological polar surface area (TPSA) is 63.8 Å². The minimum atomic E-state index is -0.558. The van der Waals surface area contributed by atoms with Crippen LogP contribution in [0.3, 0.4) is 0 Å². The van der Waals surface area contributed by atoms with Gasteiger partial charge in [0.1, 0.15) is 6.10 Å². The highest BCUT2D eigenvalue weighted by Crippen LogP contribution is 2.30. The first-order valence-corrected chi connectivity index (χ1v) is 6.16. The summed E-state index contributed by atoms with van der Waals surface area (Å²) in [6.45, 7) is 3.95. The summed E-state index contributed by atoms with van der Waals surface area (Å²) >= 11 is 0. The van der Waals surface area contributed by atoms with E-state index in [4.69, 9.17) is 0 Å². The smallest absolute Gasteiger partial charge is 0.180 e. The molecule has 16 heavy (non-hydrogen) atoms. The van der Waals surface area contributed by atoms with Crippen molar-refractivity contribution in [3.05, 3.63) is 5.82 Å². The van der Waals surface area contributed by atoms with E-state index in [2.05, 4.69) is 15.5 Å². The lowest BCUT2D eigenvalue weighted by Crippen LogP contribution is -2.20. The zero-order chi connectivity index (χ0) is 11.5. The Hall–Kier alpha value is -0.970. The fraction of sp³-hybridized carbons (Fsp3) is 0.909. The van der Waals surface area contributed by atoms with Crippen molar-refractivity contribution in [3.63, 3.8) is 0 Å². The van der Waals surface area contributed by atoms with Crippen molar-refractivity contribution in [2.75, 3.05) is 0 Å². The van der Waals surface area contributed by atoms with Gasteiger partial charge in [-0.25, -0.2) is 4.68 Å². The van der Waals surface area contributed by atoms with Crippen LogP contribution >= 0.6 is 0 Å². The van der Waals surface area contributed by atoms with Crippen molar-refractivity contribution in [2.24, 2.45) is 5.92 Å². The summed E-state index contributed by atoms with van der Waals surface area (Å²) in [5, 5.41) is 21.7. The molecule has 0 aromatic carbocycles. The van der Waals surface area contributed by atoms with Crippen molar-refractivity contribution < 1.29 is 5.11 Å². The first-order valence-electron chi connectivity index (χ1n) is 6.16. The molecule has 1 atom stereocenters. The van der Waals surface area contributed by atoms with Gasteiger partial charge in [-0.2, -0.15) is 0 Å². The Bertz CT molecular complexity index is 330. The molecule has 2 rings (SSSR count). The van der Waals surface area contributed by atoms with Crippen molar-refractivity contribution in [2.45, 2.75) is 58.1 Å². The van der Waals surface area contributed by atoms with Gasteiger partial charge >= 0.3 is 0 Å². The summed E-state index contributed by atoms with van der Waals surface area (Å²) in [5.41, 5.74) is 0. The zero-order valence-corrected chi connectivity index (χ0v) is 10.0. The normalized spacial score (nSPS) is 20.2. The quantitative estimate of drug-likeness (QED) is 0.851. The maximum absolute atomic E-state index is 10.0. The van der Waals surface area contributed by atoms with Crippen LogP contribution in [-0.2, 0) is 0 Å². The molecule has 0 aliphatic heterocycles. The number of hydrogen-bond donors (Lipinski definition) is 1. The third-order valence-corrected chi connectivity index (χ3v) is 3.33. The van der Waals surface area contributed by atoms with E-state index in [0.29, 0.717) is 11.9 Å². The van der Waals surface area contributed by atoms with E-state index in [0.717, 1.165) is 12.8 Å². The average Bonchev–Trinajstić information content (AvgIpc) is 2.77. The second-order valence-electron chi connectivity index (χ2n) is 4.96. The van der Waals surface area contributed by atoms with Crippen LogP contribution in [0.5, 0.6) is 0 Å². The molecule has 0 amide bonds. The average molecular weight is 224 g/mol.